The van der Waals surface area contributed by atoms with Crippen LogP contribution >= 0.6 is 15.9 Å². The third-order valence-electron chi connectivity index (χ3n) is 3.95. The van der Waals surface area contributed by atoms with Gasteiger partial charge in [0, 0.05) is 22.0 Å². The average Bonchev–Trinajstić information content (AvgIpc) is 2.69. The van der Waals surface area contributed by atoms with Gasteiger partial charge in [-0.25, -0.2) is 16.8 Å². The molecule has 3 aromatic rings. The molecule has 0 radical (unpaired) electrons. The Labute approximate surface area is 183 Å². The van der Waals surface area contributed by atoms with E-state index in [9.17, 15) is 16.8 Å². The van der Waals surface area contributed by atoms with Crippen LogP contribution in [0.15, 0.2) is 69.0 Å². The zero-order valence-electron chi connectivity index (χ0n) is 16.0. The molecule has 0 saturated carbocycles. The molecule has 0 spiro atoms. The number of hydrogen-bond donors (Lipinski definition) is 1. The Kier molecular flexibility index (Phi) is 6.44. The van der Waals surface area contributed by atoms with Crippen molar-refractivity contribution in [2.75, 3.05) is 17.6 Å². The molecule has 8 nitrogen and oxygen atoms in total. The summed E-state index contributed by atoms with van der Waals surface area (Å²) in [6.07, 6.45) is 1.06. The minimum absolute atomic E-state index is 0.0185. The fourth-order valence-electron chi connectivity index (χ4n) is 2.56. The van der Waals surface area contributed by atoms with Crippen LogP contribution in [-0.4, -0.2) is 39.9 Å². The Morgan fingerprint density at radius 1 is 0.967 bits per heavy atom. The van der Waals surface area contributed by atoms with Gasteiger partial charge in [-0.2, -0.15) is 0 Å². The minimum atomic E-state index is -3.89. The smallest absolute Gasteiger partial charge is 0.265 e. The van der Waals surface area contributed by atoms with Crippen molar-refractivity contribution in [3.05, 3.63) is 59.1 Å². The lowest BCUT2D eigenvalue weighted by Gasteiger charge is -2.13. The van der Waals surface area contributed by atoms with Crippen LogP contribution in [0, 0.1) is 0 Å². The van der Waals surface area contributed by atoms with Crippen molar-refractivity contribution in [1.29, 1.82) is 0 Å². The average molecular weight is 512 g/mol. The van der Waals surface area contributed by atoms with Gasteiger partial charge in [0.15, 0.2) is 14.9 Å². The molecule has 3 rings (SSSR count). The van der Waals surface area contributed by atoms with E-state index in [4.69, 9.17) is 4.74 Å². The van der Waals surface area contributed by atoms with E-state index in [1.807, 2.05) is 0 Å². The lowest BCUT2D eigenvalue weighted by Crippen LogP contribution is -2.14. The van der Waals surface area contributed by atoms with Crippen molar-refractivity contribution in [2.24, 2.45) is 0 Å². The summed E-state index contributed by atoms with van der Waals surface area (Å²) in [7, 11) is -7.32. The number of aromatic nitrogens is 2. The van der Waals surface area contributed by atoms with Crippen LogP contribution in [0.1, 0.15) is 6.92 Å². The largest absolute Gasteiger partial charge is 0.492 e. The molecule has 1 heterocycles. The van der Waals surface area contributed by atoms with Gasteiger partial charge in [0.1, 0.15) is 10.6 Å². The van der Waals surface area contributed by atoms with E-state index >= 15 is 0 Å². The van der Waals surface area contributed by atoms with Gasteiger partial charge in [-0.05, 0) is 49.4 Å². The number of halogens is 1. The lowest BCUT2D eigenvalue weighted by molar-refractivity contribution is 0.331. The molecule has 0 aliphatic heterocycles. The Morgan fingerprint density at radius 3 is 2.23 bits per heavy atom. The van der Waals surface area contributed by atoms with Gasteiger partial charge in [0.05, 0.1) is 12.3 Å². The van der Waals surface area contributed by atoms with E-state index in [2.05, 4.69) is 30.8 Å². The number of ether oxygens (including phenoxy) is 1. The van der Waals surface area contributed by atoms with Crippen molar-refractivity contribution >= 4 is 41.5 Å². The molecule has 0 fully saturated rings. The van der Waals surface area contributed by atoms with Gasteiger partial charge in [0.25, 0.3) is 10.0 Å². The van der Waals surface area contributed by atoms with E-state index in [1.165, 1.54) is 12.1 Å². The predicted octanol–water partition coefficient (Wildman–Crippen LogP) is 3.51. The number of nitrogens with zero attached hydrogens (tertiary/aromatic N) is 2. The Bertz CT molecular complexity index is 1260. The topological polar surface area (TPSA) is 115 Å². The first-order valence-electron chi connectivity index (χ1n) is 8.69. The molecule has 0 aliphatic carbocycles. The second kappa shape index (κ2) is 8.70. The van der Waals surface area contributed by atoms with Crippen molar-refractivity contribution in [3.8, 4) is 17.0 Å². The number of benzene rings is 2. The van der Waals surface area contributed by atoms with Crippen LogP contribution in [0.3, 0.4) is 0 Å². The van der Waals surface area contributed by atoms with Crippen molar-refractivity contribution in [2.45, 2.75) is 16.8 Å². The summed E-state index contributed by atoms with van der Waals surface area (Å²) in [6.45, 7) is 2.11. The van der Waals surface area contributed by atoms with Crippen molar-refractivity contribution in [3.63, 3.8) is 0 Å². The highest BCUT2D eigenvalue weighted by Gasteiger charge is 2.20. The third kappa shape index (κ3) is 5.15. The van der Waals surface area contributed by atoms with Gasteiger partial charge in [0.2, 0.25) is 0 Å². The number of hydrogen-bond acceptors (Lipinski definition) is 7. The highest BCUT2D eigenvalue weighted by Crippen LogP contribution is 2.29. The van der Waals surface area contributed by atoms with Crippen LogP contribution in [0.4, 0.5) is 5.69 Å². The van der Waals surface area contributed by atoms with Crippen LogP contribution in [0.2, 0.25) is 0 Å². The normalized spacial score (nSPS) is 11.8. The zero-order chi connectivity index (χ0) is 21.9. The molecule has 1 aromatic heterocycles. The molecule has 0 bridgehead atoms. The summed E-state index contributed by atoms with van der Waals surface area (Å²) in [5.41, 5.74) is 1.47. The highest BCUT2D eigenvalue weighted by molar-refractivity contribution is 9.10. The van der Waals surface area contributed by atoms with E-state index in [0.717, 1.165) is 6.26 Å². The van der Waals surface area contributed by atoms with E-state index in [-0.39, 0.29) is 15.7 Å². The van der Waals surface area contributed by atoms with E-state index in [1.54, 1.807) is 49.4 Å². The van der Waals surface area contributed by atoms with Crippen molar-refractivity contribution < 1.29 is 21.6 Å². The lowest BCUT2D eigenvalue weighted by atomic mass is 10.1. The first kappa shape index (κ1) is 22.2. The molecule has 0 atom stereocenters. The molecule has 0 aliphatic rings. The van der Waals surface area contributed by atoms with E-state index in [0.29, 0.717) is 28.0 Å². The summed E-state index contributed by atoms with van der Waals surface area (Å²) in [4.78, 5) is 0.0185. The summed E-state index contributed by atoms with van der Waals surface area (Å²) in [5.74, 6) is 0.256. The number of rotatable bonds is 7. The molecule has 1 N–H and O–H groups in total. The monoisotopic (exact) mass is 511 g/mol. The maximum atomic E-state index is 12.8. The second-order valence-corrected chi connectivity index (χ2v) is 10.8. The first-order valence-corrected chi connectivity index (χ1v) is 12.9. The quantitative estimate of drug-likeness (QED) is 0.515. The fourth-order valence-corrected chi connectivity index (χ4v) is 4.80. The van der Waals surface area contributed by atoms with Gasteiger partial charge < -0.3 is 4.74 Å². The first-order chi connectivity index (χ1) is 14.1. The standard InChI is InChI=1S/C19H18BrN3O5S2/c1-3-28-17-10-6-14(20)12-18(17)30(26,27)23-15-7-4-13(5-8-15)16-9-11-19(22-21-16)29(2,24)25/h4-12,23H,3H2,1-2H3. The molecular weight excluding hydrogens is 494 g/mol. The summed E-state index contributed by atoms with van der Waals surface area (Å²) in [5, 5.41) is 7.52. The summed E-state index contributed by atoms with van der Waals surface area (Å²) < 4.78 is 57.2. The van der Waals surface area contributed by atoms with Gasteiger partial charge in [-0.15, -0.1) is 10.2 Å². The maximum Gasteiger partial charge on any atom is 0.265 e. The molecule has 0 unspecified atom stereocenters. The summed E-state index contributed by atoms with van der Waals surface area (Å²) >= 11 is 3.28. The molecule has 2 aromatic carbocycles. The number of sulfonamides is 1. The minimum Gasteiger partial charge on any atom is -0.492 e. The fraction of sp³-hybridized carbons (Fsp3) is 0.158. The van der Waals surface area contributed by atoms with E-state index < -0.39 is 19.9 Å². The van der Waals surface area contributed by atoms with Crippen molar-refractivity contribution in [1.82, 2.24) is 10.2 Å². The zero-order valence-corrected chi connectivity index (χ0v) is 19.3. The van der Waals surface area contributed by atoms with Crippen LogP contribution in [0.25, 0.3) is 11.3 Å². The second-order valence-electron chi connectivity index (χ2n) is 6.24. The Hall–Kier alpha value is -2.50. The molecule has 0 saturated heterocycles. The number of anilines is 1. The van der Waals surface area contributed by atoms with Gasteiger partial charge in [-0.1, -0.05) is 28.1 Å². The van der Waals surface area contributed by atoms with Crippen LogP contribution in [0.5, 0.6) is 5.75 Å². The highest BCUT2D eigenvalue weighted by atomic mass is 79.9. The molecule has 30 heavy (non-hydrogen) atoms. The number of nitrogens with one attached hydrogen (secondary N) is 1. The predicted molar refractivity (Wildman–Crippen MR) is 117 cm³/mol. The Morgan fingerprint density at radius 2 is 1.67 bits per heavy atom. The molecular formula is C19H18BrN3O5S2. The van der Waals surface area contributed by atoms with Crippen LogP contribution in [-0.2, 0) is 19.9 Å². The van der Waals surface area contributed by atoms with Gasteiger partial charge in [-0.3, -0.25) is 4.72 Å². The van der Waals surface area contributed by atoms with Crippen LogP contribution < -0.4 is 9.46 Å². The number of sulfone groups is 1. The Balaban J connectivity index is 1.84. The van der Waals surface area contributed by atoms with Gasteiger partial charge >= 0.3 is 0 Å². The molecule has 158 valence electrons. The SMILES string of the molecule is CCOc1ccc(Br)cc1S(=O)(=O)Nc1ccc(-c2ccc(S(C)(=O)=O)nn2)cc1. The molecule has 0 amide bonds. The third-order valence-corrected chi connectivity index (χ3v) is 6.82. The maximum absolute atomic E-state index is 12.8. The summed E-state index contributed by atoms with van der Waals surface area (Å²) in [6, 6.07) is 14.2. The molecule has 11 heteroatoms.